The van der Waals surface area contributed by atoms with Crippen LogP contribution in [0.2, 0.25) is 0 Å². The molecule has 0 aromatic carbocycles. The maximum Gasteiger partial charge on any atom is 0.223 e. The van der Waals surface area contributed by atoms with Crippen molar-refractivity contribution >= 4 is 5.91 Å². The van der Waals surface area contributed by atoms with E-state index in [1.54, 1.807) is 0 Å². The van der Waals surface area contributed by atoms with Crippen LogP contribution < -0.4 is 10.6 Å². The van der Waals surface area contributed by atoms with E-state index < -0.39 is 0 Å². The summed E-state index contributed by atoms with van der Waals surface area (Å²) in [6.45, 7) is 7.85. The van der Waals surface area contributed by atoms with Gasteiger partial charge in [-0.3, -0.25) is 4.79 Å². The maximum absolute atomic E-state index is 12.3. The van der Waals surface area contributed by atoms with Gasteiger partial charge >= 0.3 is 0 Å². The Morgan fingerprint density at radius 3 is 2.45 bits per heavy atom. The summed E-state index contributed by atoms with van der Waals surface area (Å²) < 4.78 is 0. The van der Waals surface area contributed by atoms with Crippen molar-refractivity contribution in [1.29, 1.82) is 0 Å². The number of hydrogen-bond acceptors (Lipinski definition) is 2. The molecule has 114 valence electrons. The van der Waals surface area contributed by atoms with Crippen LogP contribution in [0.5, 0.6) is 0 Å². The lowest BCUT2D eigenvalue weighted by molar-refractivity contribution is -0.123. The fourth-order valence-corrected chi connectivity index (χ4v) is 4.23. The molecule has 3 nitrogen and oxygen atoms in total. The summed E-state index contributed by atoms with van der Waals surface area (Å²) in [5.74, 6) is 1.39. The van der Waals surface area contributed by atoms with E-state index in [1.165, 1.54) is 38.5 Å². The van der Waals surface area contributed by atoms with Crippen molar-refractivity contribution in [3.63, 3.8) is 0 Å². The minimum atomic E-state index is 0.324. The van der Waals surface area contributed by atoms with Gasteiger partial charge in [0.2, 0.25) is 5.91 Å². The Bertz CT molecular complexity index is 361. The second-order valence-corrected chi connectivity index (χ2v) is 8.22. The summed E-state index contributed by atoms with van der Waals surface area (Å²) in [7, 11) is 0. The van der Waals surface area contributed by atoms with E-state index in [1.807, 2.05) is 0 Å². The third-order valence-corrected chi connectivity index (χ3v) is 6.13. The van der Waals surface area contributed by atoms with E-state index >= 15 is 0 Å². The van der Waals surface area contributed by atoms with E-state index in [0.717, 1.165) is 32.0 Å². The van der Waals surface area contributed by atoms with Crippen molar-refractivity contribution < 1.29 is 4.79 Å². The molecule has 20 heavy (non-hydrogen) atoms. The van der Waals surface area contributed by atoms with Gasteiger partial charge in [0.25, 0.3) is 0 Å². The molecule has 3 heteroatoms. The lowest BCUT2D eigenvalue weighted by Crippen LogP contribution is -2.36. The first kappa shape index (κ1) is 14.4. The Morgan fingerprint density at radius 2 is 1.80 bits per heavy atom. The third kappa shape index (κ3) is 3.03. The zero-order chi connectivity index (χ0) is 14.2. The number of nitrogens with one attached hydrogen (secondary N) is 2. The van der Waals surface area contributed by atoms with E-state index in [-0.39, 0.29) is 0 Å². The van der Waals surface area contributed by atoms with Crippen molar-refractivity contribution in [2.45, 2.75) is 58.8 Å². The lowest BCUT2D eigenvalue weighted by Gasteiger charge is -2.34. The van der Waals surface area contributed by atoms with Crippen LogP contribution in [-0.4, -0.2) is 25.5 Å². The molecule has 1 saturated heterocycles. The van der Waals surface area contributed by atoms with Gasteiger partial charge in [-0.15, -0.1) is 0 Å². The minimum absolute atomic E-state index is 0.324. The normalized spacial score (nSPS) is 32.0. The van der Waals surface area contributed by atoms with Gasteiger partial charge in [-0.25, -0.2) is 0 Å². The average molecular weight is 278 g/mol. The Kier molecular flexibility index (Phi) is 3.83. The zero-order valence-corrected chi connectivity index (χ0v) is 13.1. The quantitative estimate of drug-likeness (QED) is 0.833. The maximum atomic E-state index is 12.3. The molecule has 1 heterocycles. The van der Waals surface area contributed by atoms with Crippen LogP contribution in [0.4, 0.5) is 0 Å². The lowest BCUT2D eigenvalue weighted by atomic mass is 9.73. The molecule has 1 aliphatic heterocycles. The summed E-state index contributed by atoms with van der Waals surface area (Å²) >= 11 is 0. The van der Waals surface area contributed by atoms with Crippen LogP contribution in [0, 0.1) is 22.7 Å². The van der Waals surface area contributed by atoms with Crippen LogP contribution in [-0.2, 0) is 4.79 Å². The smallest absolute Gasteiger partial charge is 0.223 e. The Morgan fingerprint density at radius 1 is 1.15 bits per heavy atom. The standard InChI is InChI=1S/C17H30N2O/c1-16(2)5-3-13(4-6-16)12-19-15(20)14-11-17(14)7-9-18-10-8-17/h13-14,18H,3-12H2,1-2H3,(H,19,20). The van der Waals surface area contributed by atoms with Gasteiger partial charge in [-0.2, -0.15) is 0 Å². The number of piperidine rings is 1. The minimum Gasteiger partial charge on any atom is -0.356 e. The molecule has 0 radical (unpaired) electrons. The second kappa shape index (κ2) is 5.32. The van der Waals surface area contributed by atoms with E-state index in [4.69, 9.17) is 0 Å². The van der Waals surface area contributed by atoms with Crippen molar-refractivity contribution in [3.8, 4) is 0 Å². The number of carbonyl (C=O) groups excluding carboxylic acids is 1. The highest BCUT2D eigenvalue weighted by atomic mass is 16.2. The monoisotopic (exact) mass is 278 g/mol. The number of hydrogen-bond donors (Lipinski definition) is 2. The van der Waals surface area contributed by atoms with E-state index in [0.29, 0.717) is 22.7 Å². The van der Waals surface area contributed by atoms with Gasteiger partial charge in [-0.1, -0.05) is 13.8 Å². The predicted octanol–water partition coefficient (Wildman–Crippen LogP) is 2.71. The molecule has 1 amide bonds. The number of amides is 1. The van der Waals surface area contributed by atoms with Gasteiger partial charge in [0.05, 0.1) is 0 Å². The molecular formula is C17H30N2O. The SMILES string of the molecule is CC1(C)CCC(CNC(=O)C2CC23CCNCC3)CC1. The van der Waals surface area contributed by atoms with Gasteiger partial charge in [0.1, 0.15) is 0 Å². The Hall–Kier alpha value is -0.570. The van der Waals surface area contributed by atoms with Crippen LogP contribution >= 0.6 is 0 Å². The van der Waals surface area contributed by atoms with Crippen LogP contribution in [0.25, 0.3) is 0 Å². The number of carbonyl (C=O) groups is 1. The average Bonchev–Trinajstić information content (AvgIpc) is 3.11. The van der Waals surface area contributed by atoms with Gasteiger partial charge in [0.15, 0.2) is 0 Å². The molecule has 1 atom stereocenters. The van der Waals surface area contributed by atoms with Gasteiger partial charge in [-0.05, 0) is 74.8 Å². The molecule has 3 fully saturated rings. The summed E-state index contributed by atoms with van der Waals surface area (Å²) in [5.41, 5.74) is 0.903. The molecule has 0 bridgehead atoms. The van der Waals surface area contributed by atoms with Crippen molar-refractivity contribution in [1.82, 2.24) is 10.6 Å². The largest absolute Gasteiger partial charge is 0.356 e. The molecule has 0 aromatic heterocycles. The van der Waals surface area contributed by atoms with Crippen LogP contribution in [0.15, 0.2) is 0 Å². The van der Waals surface area contributed by atoms with E-state index in [2.05, 4.69) is 24.5 Å². The fourth-order valence-electron chi connectivity index (χ4n) is 4.23. The Balaban J connectivity index is 1.40. The highest BCUT2D eigenvalue weighted by Gasteiger charge is 2.57. The molecule has 2 N–H and O–H groups in total. The molecule has 1 unspecified atom stereocenters. The first-order chi connectivity index (χ1) is 9.51. The van der Waals surface area contributed by atoms with Crippen LogP contribution in [0.3, 0.4) is 0 Å². The predicted molar refractivity (Wildman–Crippen MR) is 81.4 cm³/mol. The van der Waals surface area contributed by atoms with Crippen LogP contribution in [0.1, 0.15) is 58.8 Å². The fraction of sp³-hybridized carbons (Fsp3) is 0.941. The summed E-state index contributed by atoms with van der Waals surface area (Å²) in [4.78, 5) is 12.3. The number of rotatable bonds is 3. The molecule has 2 aliphatic carbocycles. The molecular weight excluding hydrogens is 248 g/mol. The van der Waals surface area contributed by atoms with E-state index in [9.17, 15) is 4.79 Å². The first-order valence-corrected chi connectivity index (χ1v) is 8.49. The second-order valence-electron chi connectivity index (χ2n) is 8.22. The van der Waals surface area contributed by atoms with Gasteiger partial charge < -0.3 is 10.6 Å². The molecule has 3 rings (SSSR count). The first-order valence-electron chi connectivity index (χ1n) is 8.49. The highest BCUT2D eigenvalue weighted by molar-refractivity contribution is 5.82. The molecule has 1 spiro atoms. The van der Waals surface area contributed by atoms with Crippen molar-refractivity contribution in [2.24, 2.45) is 22.7 Å². The topological polar surface area (TPSA) is 41.1 Å². The third-order valence-electron chi connectivity index (χ3n) is 6.13. The molecule has 2 saturated carbocycles. The molecule has 3 aliphatic rings. The Labute approximate surface area is 123 Å². The van der Waals surface area contributed by atoms with Crippen molar-refractivity contribution in [2.75, 3.05) is 19.6 Å². The van der Waals surface area contributed by atoms with Gasteiger partial charge in [0, 0.05) is 12.5 Å². The summed E-state index contributed by atoms with van der Waals surface area (Å²) in [5, 5.41) is 6.65. The summed E-state index contributed by atoms with van der Waals surface area (Å²) in [6, 6.07) is 0. The summed E-state index contributed by atoms with van der Waals surface area (Å²) in [6.07, 6.45) is 8.72. The molecule has 0 aromatic rings. The highest BCUT2D eigenvalue weighted by Crippen LogP contribution is 2.58. The van der Waals surface area contributed by atoms with Crippen molar-refractivity contribution in [3.05, 3.63) is 0 Å². The zero-order valence-electron chi connectivity index (χ0n) is 13.1.